The van der Waals surface area contributed by atoms with Gasteiger partial charge in [-0.25, -0.2) is 9.97 Å². The van der Waals surface area contributed by atoms with Crippen molar-refractivity contribution < 1.29 is 4.74 Å². The van der Waals surface area contributed by atoms with Gasteiger partial charge in [0.1, 0.15) is 5.03 Å². The monoisotopic (exact) mass is 415 g/mol. The van der Waals surface area contributed by atoms with E-state index in [0.717, 1.165) is 52.8 Å². The van der Waals surface area contributed by atoms with Crippen LogP contribution in [-0.2, 0) is 4.74 Å². The van der Waals surface area contributed by atoms with Crippen molar-refractivity contribution in [3.63, 3.8) is 0 Å². The Morgan fingerprint density at radius 2 is 1.73 bits per heavy atom. The summed E-state index contributed by atoms with van der Waals surface area (Å²) in [6, 6.07) is 20.5. The van der Waals surface area contributed by atoms with Crippen molar-refractivity contribution >= 4 is 40.0 Å². The molecule has 0 unspecified atom stereocenters. The summed E-state index contributed by atoms with van der Waals surface area (Å²) in [6.07, 6.45) is 3.59. The molecule has 3 heterocycles. The fraction of sp³-hybridized carbons (Fsp3) is 0.174. The molecule has 2 aromatic carbocycles. The zero-order valence-corrected chi connectivity index (χ0v) is 17.2. The fourth-order valence-electron chi connectivity index (χ4n) is 3.44. The quantitative estimate of drug-likeness (QED) is 0.472. The smallest absolute Gasteiger partial charge is 0.228 e. The number of nitrogens with zero attached hydrogens (tertiary/aromatic N) is 4. The van der Waals surface area contributed by atoms with Gasteiger partial charge in [0, 0.05) is 47.1 Å². The van der Waals surface area contributed by atoms with Crippen LogP contribution in [-0.4, -0.2) is 41.3 Å². The zero-order chi connectivity index (χ0) is 20.2. The highest BCUT2D eigenvalue weighted by Crippen LogP contribution is 2.32. The molecule has 1 N–H and O–H groups in total. The molecule has 1 saturated heterocycles. The molecule has 150 valence electrons. The van der Waals surface area contributed by atoms with Gasteiger partial charge in [-0.1, -0.05) is 23.9 Å². The lowest BCUT2D eigenvalue weighted by atomic mass is 10.2. The Kier molecular flexibility index (Phi) is 5.46. The van der Waals surface area contributed by atoms with Crippen LogP contribution in [0.2, 0.25) is 0 Å². The van der Waals surface area contributed by atoms with Gasteiger partial charge >= 0.3 is 0 Å². The lowest BCUT2D eigenvalue weighted by Gasteiger charge is -2.28. The van der Waals surface area contributed by atoms with Crippen LogP contribution in [0.3, 0.4) is 0 Å². The number of benzene rings is 2. The van der Waals surface area contributed by atoms with Crippen molar-refractivity contribution in [2.45, 2.75) is 9.92 Å². The Labute approximate surface area is 179 Å². The first-order chi connectivity index (χ1) is 14.8. The van der Waals surface area contributed by atoms with Gasteiger partial charge in [0.15, 0.2) is 0 Å². The summed E-state index contributed by atoms with van der Waals surface area (Å²) in [4.78, 5) is 16.9. The molecule has 0 radical (unpaired) electrons. The number of morpholine rings is 1. The van der Waals surface area contributed by atoms with Gasteiger partial charge < -0.3 is 15.0 Å². The molecule has 6 nitrogen and oxygen atoms in total. The molecule has 1 fully saturated rings. The summed E-state index contributed by atoms with van der Waals surface area (Å²) in [6.45, 7) is 3.42. The molecule has 7 heteroatoms. The van der Waals surface area contributed by atoms with Crippen LogP contribution in [0.5, 0.6) is 0 Å². The average molecular weight is 416 g/mol. The summed E-state index contributed by atoms with van der Waals surface area (Å²) in [5.74, 6) is 0.581. The van der Waals surface area contributed by atoms with Crippen LogP contribution in [0.25, 0.3) is 10.9 Å². The Hall–Kier alpha value is -3.16. The topological polar surface area (TPSA) is 63.2 Å². The van der Waals surface area contributed by atoms with Gasteiger partial charge in [-0.3, -0.25) is 4.98 Å². The lowest BCUT2D eigenvalue weighted by Crippen LogP contribution is -2.36. The van der Waals surface area contributed by atoms with E-state index in [1.54, 1.807) is 18.0 Å². The van der Waals surface area contributed by atoms with Crippen molar-refractivity contribution in [3.05, 3.63) is 73.1 Å². The maximum atomic E-state index is 5.43. The molecule has 0 spiro atoms. The largest absolute Gasteiger partial charge is 0.378 e. The van der Waals surface area contributed by atoms with Crippen LogP contribution < -0.4 is 10.2 Å². The molecule has 0 saturated carbocycles. The van der Waals surface area contributed by atoms with Crippen LogP contribution >= 0.6 is 11.8 Å². The highest BCUT2D eigenvalue weighted by Gasteiger charge is 2.11. The number of ether oxygens (including phenoxy) is 1. The predicted molar refractivity (Wildman–Crippen MR) is 121 cm³/mol. The SMILES string of the molecule is c1cc(Sc2ccnc(Nc3ccc(N4CCOCC4)cc3)n2)c2cccnc2c1. The molecule has 2 aromatic heterocycles. The van der Waals surface area contributed by atoms with Gasteiger partial charge in [-0.05, 0) is 48.5 Å². The Balaban J connectivity index is 1.31. The van der Waals surface area contributed by atoms with Gasteiger partial charge in [-0.15, -0.1) is 0 Å². The Morgan fingerprint density at radius 1 is 0.867 bits per heavy atom. The minimum Gasteiger partial charge on any atom is -0.378 e. The Morgan fingerprint density at radius 3 is 2.60 bits per heavy atom. The third kappa shape index (κ3) is 4.22. The first kappa shape index (κ1) is 18.8. The molecule has 0 atom stereocenters. The van der Waals surface area contributed by atoms with Crippen molar-refractivity contribution in [3.8, 4) is 0 Å². The normalized spacial score (nSPS) is 14.1. The van der Waals surface area contributed by atoms with E-state index < -0.39 is 0 Å². The standard InChI is InChI=1S/C23H21N5OS/c1-4-20-19(3-2-11-24-20)21(5-1)30-22-10-12-25-23(27-22)26-17-6-8-18(9-7-17)28-13-15-29-16-14-28/h1-12H,13-16H2,(H,25,26,27). The van der Waals surface area contributed by atoms with Gasteiger partial charge in [0.25, 0.3) is 0 Å². The van der Waals surface area contributed by atoms with E-state index in [1.807, 2.05) is 30.5 Å². The molecule has 1 aliphatic rings. The number of hydrogen-bond donors (Lipinski definition) is 1. The maximum absolute atomic E-state index is 5.43. The van der Waals surface area contributed by atoms with Crippen molar-refractivity contribution in [1.29, 1.82) is 0 Å². The van der Waals surface area contributed by atoms with Gasteiger partial charge in [0.2, 0.25) is 5.95 Å². The molecule has 1 aliphatic heterocycles. The third-order valence-corrected chi connectivity index (χ3v) is 5.96. The molecule has 0 amide bonds. The molecule has 0 bridgehead atoms. The number of pyridine rings is 1. The highest BCUT2D eigenvalue weighted by atomic mass is 32.2. The van der Waals surface area contributed by atoms with Gasteiger partial charge in [0.05, 0.1) is 18.7 Å². The maximum Gasteiger partial charge on any atom is 0.228 e. The van der Waals surface area contributed by atoms with Crippen molar-refractivity contribution in [2.75, 3.05) is 36.5 Å². The summed E-state index contributed by atoms with van der Waals surface area (Å²) in [7, 11) is 0. The van der Waals surface area contributed by atoms with Crippen molar-refractivity contribution in [1.82, 2.24) is 15.0 Å². The first-order valence-electron chi connectivity index (χ1n) is 9.90. The second kappa shape index (κ2) is 8.69. The Bertz CT molecular complexity index is 1140. The van der Waals surface area contributed by atoms with E-state index in [1.165, 1.54) is 5.69 Å². The molecular weight excluding hydrogens is 394 g/mol. The summed E-state index contributed by atoms with van der Waals surface area (Å²) >= 11 is 1.61. The minimum absolute atomic E-state index is 0.581. The van der Waals surface area contributed by atoms with Crippen molar-refractivity contribution in [2.24, 2.45) is 0 Å². The number of nitrogens with one attached hydrogen (secondary N) is 1. The molecule has 0 aliphatic carbocycles. The highest BCUT2D eigenvalue weighted by molar-refractivity contribution is 7.99. The van der Waals surface area contributed by atoms with Crippen LogP contribution in [0.1, 0.15) is 0 Å². The zero-order valence-electron chi connectivity index (χ0n) is 16.4. The molecule has 4 aromatic rings. The summed E-state index contributed by atoms with van der Waals surface area (Å²) in [5.41, 5.74) is 3.15. The third-order valence-electron chi connectivity index (χ3n) is 4.95. The van der Waals surface area contributed by atoms with E-state index >= 15 is 0 Å². The second-order valence-electron chi connectivity index (χ2n) is 6.92. The van der Waals surface area contributed by atoms with E-state index in [4.69, 9.17) is 4.74 Å². The van der Waals surface area contributed by atoms with E-state index in [0.29, 0.717) is 5.95 Å². The van der Waals surface area contributed by atoms with Crippen LogP contribution in [0.15, 0.2) is 83.0 Å². The molecule has 5 rings (SSSR count). The van der Waals surface area contributed by atoms with E-state index in [-0.39, 0.29) is 0 Å². The fourth-order valence-corrected chi connectivity index (χ4v) is 4.36. The molecular formula is C23H21N5OS. The van der Waals surface area contributed by atoms with Gasteiger partial charge in [-0.2, -0.15) is 0 Å². The van der Waals surface area contributed by atoms with E-state index in [9.17, 15) is 0 Å². The summed E-state index contributed by atoms with van der Waals surface area (Å²) in [5, 5.41) is 5.31. The lowest BCUT2D eigenvalue weighted by molar-refractivity contribution is 0.122. The number of rotatable bonds is 5. The predicted octanol–water partition coefficient (Wildman–Crippen LogP) is 4.76. The number of aromatic nitrogens is 3. The summed E-state index contributed by atoms with van der Waals surface area (Å²) < 4.78 is 5.43. The number of anilines is 3. The average Bonchev–Trinajstić information content (AvgIpc) is 2.81. The van der Waals surface area contributed by atoms with E-state index in [2.05, 4.69) is 61.6 Å². The van der Waals surface area contributed by atoms with Crippen LogP contribution in [0, 0.1) is 0 Å². The minimum atomic E-state index is 0.581. The molecule has 30 heavy (non-hydrogen) atoms. The first-order valence-corrected chi connectivity index (χ1v) is 10.7. The number of fused-ring (bicyclic) bond motifs is 1. The second-order valence-corrected chi connectivity index (χ2v) is 7.98. The van der Waals surface area contributed by atoms with Crippen LogP contribution in [0.4, 0.5) is 17.3 Å². The number of hydrogen-bond acceptors (Lipinski definition) is 7.